The molecular formula is C24H32FN5. The Bertz CT molecular complexity index is 867. The second kappa shape index (κ2) is 9.02. The molecule has 0 radical (unpaired) electrons. The van der Waals surface area contributed by atoms with Crippen LogP contribution in [0.15, 0.2) is 47.6 Å². The Morgan fingerprint density at radius 2 is 2.03 bits per heavy atom. The Labute approximate surface area is 178 Å². The van der Waals surface area contributed by atoms with Crippen molar-refractivity contribution < 1.29 is 4.39 Å². The zero-order chi connectivity index (χ0) is 21.0. The lowest BCUT2D eigenvalue weighted by molar-refractivity contribution is 0.459. The van der Waals surface area contributed by atoms with Crippen LogP contribution in [-0.2, 0) is 5.41 Å². The van der Waals surface area contributed by atoms with E-state index in [1.165, 1.54) is 11.6 Å². The van der Waals surface area contributed by atoms with E-state index in [0.29, 0.717) is 12.6 Å². The van der Waals surface area contributed by atoms with Crippen molar-refractivity contribution in [1.29, 1.82) is 0 Å². The molecular weight excluding hydrogens is 377 g/mol. The Hall–Kier alpha value is -2.63. The highest BCUT2D eigenvalue weighted by atomic mass is 19.1. The van der Waals surface area contributed by atoms with Crippen molar-refractivity contribution in [2.75, 3.05) is 31.1 Å². The Balaban J connectivity index is 1.34. The van der Waals surface area contributed by atoms with Gasteiger partial charge in [0.15, 0.2) is 5.96 Å². The molecule has 160 valence electrons. The second-order valence-electron chi connectivity index (χ2n) is 8.59. The van der Waals surface area contributed by atoms with Crippen LogP contribution in [0.5, 0.6) is 0 Å². The quantitative estimate of drug-likeness (QED) is 0.563. The van der Waals surface area contributed by atoms with Gasteiger partial charge in [-0.15, -0.1) is 0 Å². The van der Waals surface area contributed by atoms with E-state index in [9.17, 15) is 4.39 Å². The van der Waals surface area contributed by atoms with Crippen LogP contribution in [-0.4, -0.2) is 43.2 Å². The number of nitrogens with zero attached hydrogens (tertiary/aromatic N) is 3. The molecule has 5 nitrogen and oxygen atoms in total. The number of piperidine rings is 1. The van der Waals surface area contributed by atoms with E-state index < -0.39 is 0 Å². The van der Waals surface area contributed by atoms with E-state index in [1.807, 2.05) is 12.3 Å². The van der Waals surface area contributed by atoms with Gasteiger partial charge in [0.05, 0.1) is 6.54 Å². The van der Waals surface area contributed by atoms with Crippen LogP contribution < -0.4 is 15.5 Å². The number of hydrogen-bond donors (Lipinski definition) is 2. The Morgan fingerprint density at radius 3 is 2.67 bits per heavy atom. The number of aryl methyl sites for hydroxylation is 1. The monoisotopic (exact) mass is 409 g/mol. The molecule has 0 atom stereocenters. The lowest BCUT2D eigenvalue weighted by atomic mass is 9.96. The van der Waals surface area contributed by atoms with Crippen molar-refractivity contribution in [2.45, 2.75) is 51.0 Å². The van der Waals surface area contributed by atoms with E-state index in [0.717, 1.165) is 62.7 Å². The van der Waals surface area contributed by atoms with Crippen LogP contribution in [0.2, 0.25) is 0 Å². The Kier molecular flexibility index (Phi) is 6.21. The summed E-state index contributed by atoms with van der Waals surface area (Å²) in [6, 6.07) is 11.6. The maximum Gasteiger partial charge on any atom is 0.191 e. The van der Waals surface area contributed by atoms with Crippen molar-refractivity contribution in [3.8, 4) is 0 Å². The van der Waals surface area contributed by atoms with Gasteiger partial charge in [-0.25, -0.2) is 9.37 Å². The molecule has 1 aromatic heterocycles. The number of rotatable bonds is 6. The first-order chi connectivity index (χ1) is 14.6. The summed E-state index contributed by atoms with van der Waals surface area (Å²) >= 11 is 0. The van der Waals surface area contributed by atoms with Gasteiger partial charge in [0, 0.05) is 37.3 Å². The maximum absolute atomic E-state index is 13.7. The van der Waals surface area contributed by atoms with Crippen molar-refractivity contribution in [3.63, 3.8) is 0 Å². The summed E-state index contributed by atoms with van der Waals surface area (Å²) in [4.78, 5) is 11.8. The van der Waals surface area contributed by atoms with Crippen LogP contribution in [0.3, 0.4) is 0 Å². The molecule has 0 bridgehead atoms. The Morgan fingerprint density at radius 1 is 1.23 bits per heavy atom. The van der Waals surface area contributed by atoms with Gasteiger partial charge < -0.3 is 15.5 Å². The standard InChI is InChI=1S/C24H32FN5/c1-3-26-23(28-17-24(11-12-24)19-5-4-6-20(25)15-19)29-21-9-13-30(14-10-21)22-8-7-18(2)16-27-22/h4-8,15-16,21H,3,9-14,17H2,1-2H3,(H2,26,28,29). The summed E-state index contributed by atoms with van der Waals surface area (Å²) in [5.41, 5.74) is 2.26. The topological polar surface area (TPSA) is 52.6 Å². The van der Waals surface area contributed by atoms with Gasteiger partial charge in [0.2, 0.25) is 0 Å². The van der Waals surface area contributed by atoms with Crippen LogP contribution in [0.25, 0.3) is 0 Å². The molecule has 0 unspecified atom stereocenters. The zero-order valence-corrected chi connectivity index (χ0v) is 18.0. The first-order valence-corrected chi connectivity index (χ1v) is 11.1. The van der Waals surface area contributed by atoms with Crippen LogP contribution >= 0.6 is 0 Å². The van der Waals surface area contributed by atoms with Crippen LogP contribution in [0, 0.1) is 12.7 Å². The molecule has 1 saturated carbocycles. The number of guanidine groups is 1. The van der Waals surface area contributed by atoms with Gasteiger partial charge in [0.25, 0.3) is 0 Å². The molecule has 4 rings (SSSR count). The molecule has 1 aromatic carbocycles. The summed E-state index contributed by atoms with van der Waals surface area (Å²) in [7, 11) is 0. The summed E-state index contributed by atoms with van der Waals surface area (Å²) < 4.78 is 13.7. The molecule has 0 spiro atoms. The summed E-state index contributed by atoms with van der Waals surface area (Å²) in [6.45, 7) is 7.64. The van der Waals surface area contributed by atoms with Gasteiger partial charge in [-0.05, 0) is 68.9 Å². The van der Waals surface area contributed by atoms with E-state index in [4.69, 9.17) is 4.99 Å². The predicted octanol–water partition coefficient (Wildman–Crippen LogP) is 3.78. The first-order valence-electron chi connectivity index (χ1n) is 11.1. The summed E-state index contributed by atoms with van der Waals surface area (Å²) in [6.07, 6.45) is 6.18. The molecule has 2 fully saturated rings. The highest BCUT2D eigenvalue weighted by molar-refractivity contribution is 5.80. The van der Waals surface area contributed by atoms with Crippen molar-refractivity contribution in [1.82, 2.24) is 15.6 Å². The minimum atomic E-state index is -0.164. The average Bonchev–Trinajstić information content (AvgIpc) is 3.55. The van der Waals surface area contributed by atoms with Gasteiger partial charge >= 0.3 is 0 Å². The van der Waals surface area contributed by atoms with Gasteiger partial charge in [-0.3, -0.25) is 4.99 Å². The molecule has 2 aromatic rings. The number of benzene rings is 1. The fourth-order valence-electron chi connectivity index (χ4n) is 4.15. The number of nitrogens with one attached hydrogen (secondary N) is 2. The minimum Gasteiger partial charge on any atom is -0.357 e. The molecule has 2 heterocycles. The fourth-order valence-corrected chi connectivity index (χ4v) is 4.15. The number of aliphatic imine (C=N–C) groups is 1. The average molecular weight is 410 g/mol. The number of halogens is 1. The molecule has 0 amide bonds. The number of pyridine rings is 1. The third-order valence-electron chi connectivity index (χ3n) is 6.23. The molecule has 6 heteroatoms. The highest BCUT2D eigenvalue weighted by Crippen LogP contribution is 2.48. The zero-order valence-electron chi connectivity index (χ0n) is 18.0. The highest BCUT2D eigenvalue weighted by Gasteiger charge is 2.44. The minimum absolute atomic E-state index is 0.00489. The molecule has 2 aliphatic rings. The van der Waals surface area contributed by atoms with Gasteiger partial charge in [0.1, 0.15) is 11.6 Å². The van der Waals surface area contributed by atoms with E-state index in [1.54, 1.807) is 12.1 Å². The third kappa shape index (κ3) is 4.91. The SMILES string of the molecule is CCNC(=NCC1(c2cccc(F)c2)CC1)NC1CCN(c2ccc(C)cn2)CC1. The van der Waals surface area contributed by atoms with Crippen molar-refractivity contribution in [3.05, 3.63) is 59.5 Å². The first kappa shape index (κ1) is 20.6. The molecule has 1 aliphatic carbocycles. The number of aromatic nitrogens is 1. The fraction of sp³-hybridized carbons (Fsp3) is 0.500. The maximum atomic E-state index is 13.7. The number of anilines is 1. The lowest BCUT2D eigenvalue weighted by Crippen LogP contribution is -2.49. The second-order valence-corrected chi connectivity index (χ2v) is 8.59. The summed E-state index contributed by atoms with van der Waals surface area (Å²) in [5.74, 6) is 1.76. The molecule has 1 aliphatic heterocycles. The predicted molar refractivity (Wildman–Crippen MR) is 121 cm³/mol. The van der Waals surface area contributed by atoms with Crippen molar-refractivity contribution in [2.24, 2.45) is 4.99 Å². The van der Waals surface area contributed by atoms with Gasteiger partial charge in [-0.2, -0.15) is 0 Å². The molecule has 2 N–H and O–H groups in total. The van der Waals surface area contributed by atoms with Crippen LogP contribution in [0.1, 0.15) is 43.7 Å². The van der Waals surface area contributed by atoms with E-state index in [2.05, 4.69) is 46.5 Å². The lowest BCUT2D eigenvalue weighted by Gasteiger charge is -2.34. The van der Waals surface area contributed by atoms with Crippen molar-refractivity contribution >= 4 is 11.8 Å². The number of hydrogen-bond acceptors (Lipinski definition) is 3. The summed E-state index contributed by atoms with van der Waals surface area (Å²) in [5, 5.41) is 7.00. The third-order valence-corrected chi connectivity index (χ3v) is 6.23. The normalized spacial score (nSPS) is 18.9. The molecule has 1 saturated heterocycles. The van der Waals surface area contributed by atoms with Crippen LogP contribution in [0.4, 0.5) is 10.2 Å². The van der Waals surface area contributed by atoms with Gasteiger partial charge in [-0.1, -0.05) is 18.2 Å². The van der Waals surface area contributed by atoms with E-state index >= 15 is 0 Å². The van der Waals surface area contributed by atoms with E-state index in [-0.39, 0.29) is 11.2 Å². The smallest absolute Gasteiger partial charge is 0.191 e. The molecule has 30 heavy (non-hydrogen) atoms. The largest absolute Gasteiger partial charge is 0.357 e.